The van der Waals surface area contributed by atoms with Crippen molar-refractivity contribution >= 4 is 17.3 Å². The first-order valence-electron chi connectivity index (χ1n) is 5.51. The number of halogens is 1. The Morgan fingerprint density at radius 3 is 2.00 bits per heavy atom. The summed E-state index contributed by atoms with van der Waals surface area (Å²) in [6, 6.07) is 0. The second kappa shape index (κ2) is 5.16. The van der Waals surface area contributed by atoms with Gasteiger partial charge in [-0.1, -0.05) is 20.3 Å². The summed E-state index contributed by atoms with van der Waals surface area (Å²) in [6.45, 7) is 12.7. The van der Waals surface area contributed by atoms with Crippen molar-refractivity contribution in [2.45, 2.75) is 71.2 Å². The van der Waals surface area contributed by atoms with E-state index in [9.17, 15) is 0 Å². The van der Waals surface area contributed by atoms with E-state index in [4.69, 9.17) is 11.6 Å². The Kier molecular flexibility index (Phi) is 5.14. The first-order chi connectivity index (χ1) is 6.25. The molecule has 0 rings (SSSR count). The zero-order chi connectivity index (χ0) is 11.4. The summed E-state index contributed by atoms with van der Waals surface area (Å²) in [4.78, 5) is 4.44. The maximum absolute atomic E-state index is 6.55. The Balaban J connectivity index is 4.77. The molecule has 0 heterocycles. The van der Waals surface area contributed by atoms with Crippen LogP contribution in [0, 0.1) is 0 Å². The van der Waals surface area contributed by atoms with E-state index in [1.807, 2.05) is 0 Å². The summed E-state index contributed by atoms with van der Waals surface area (Å²) < 4.78 is 0. The number of aliphatic imine (C=N–C) groups is 1. The molecule has 1 atom stereocenters. The molecular formula is C12H24ClN. The SMILES string of the molecule is CCCC(Cl)(CC)C(C)=NC(C)(C)C. The maximum atomic E-state index is 6.55. The van der Waals surface area contributed by atoms with E-state index < -0.39 is 0 Å². The average molecular weight is 218 g/mol. The smallest absolute Gasteiger partial charge is 0.0817 e. The van der Waals surface area contributed by atoms with Gasteiger partial charge in [0.15, 0.2) is 0 Å². The fraction of sp³-hybridized carbons (Fsp3) is 0.917. The summed E-state index contributed by atoms with van der Waals surface area (Å²) in [6.07, 6.45) is 3.07. The zero-order valence-corrected chi connectivity index (χ0v) is 11.2. The van der Waals surface area contributed by atoms with Crippen LogP contribution in [-0.2, 0) is 0 Å². The monoisotopic (exact) mass is 217 g/mol. The predicted octanol–water partition coefficient (Wildman–Crippen LogP) is 4.43. The van der Waals surface area contributed by atoms with Gasteiger partial charge in [0.1, 0.15) is 0 Å². The van der Waals surface area contributed by atoms with Crippen molar-refractivity contribution in [3.05, 3.63) is 0 Å². The molecule has 0 saturated heterocycles. The Morgan fingerprint density at radius 1 is 1.21 bits per heavy atom. The first kappa shape index (κ1) is 14.0. The lowest BCUT2D eigenvalue weighted by Gasteiger charge is -2.27. The number of hydrogen-bond acceptors (Lipinski definition) is 1. The molecule has 1 nitrogen and oxygen atoms in total. The van der Waals surface area contributed by atoms with Gasteiger partial charge in [-0.2, -0.15) is 0 Å². The minimum absolute atomic E-state index is 0.0207. The highest BCUT2D eigenvalue weighted by Crippen LogP contribution is 2.29. The molecule has 84 valence electrons. The number of alkyl halides is 1. The van der Waals surface area contributed by atoms with E-state index in [2.05, 4.69) is 46.5 Å². The standard InChI is InChI=1S/C12H24ClN/c1-7-9-12(13,8-2)10(3)14-11(4,5)6/h7-9H2,1-6H3. The van der Waals surface area contributed by atoms with Crippen molar-refractivity contribution < 1.29 is 0 Å². The predicted molar refractivity (Wildman–Crippen MR) is 66.6 cm³/mol. The van der Waals surface area contributed by atoms with Crippen LogP contribution >= 0.6 is 11.6 Å². The van der Waals surface area contributed by atoms with Crippen LogP contribution in [0.4, 0.5) is 0 Å². The van der Waals surface area contributed by atoms with Gasteiger partial charge in [0, 0.05) is 5.71 Å². The second-order valence-corrected chi connectivity index (χ2v) is 5.66. The summed E-state index contributed by atoms with van der Waals surface area (Å²) in [7, 11) is 0. The van der Waals surface area contributed by atoms with Crippen LogP contribution < -0.4 is 0 Å². The van der Waals surface area contributed by atoms with Gasteiger partial charge in [-0.3, -0.25) is 4.99 Å². The van der Waals surface area contributed by atoms with Gasteiger partial charge in [0.2, 0.25) is 0 Å². The Labute approximate surface area is 94.0 Å². The van der Waals surface area contributed by atoms with E-state index in [1.165, 1.54) is 0 Å². The summed E-state index contributed by atoms with van der Waals surface area (Å²) in [5.41, 5.74) is 1.06. The fourth-order valence-electron chi connectivity index (χ4n) is 1.61. The number of hydrogen-bond donors (Lipinski definition) is 0. The molecular weight excluding hydrogens is 194 g/mol. The van der Waals surface area contributed by atoms with Crippen LogP contribution in [0.5, 0.6) is 0 Å². The average Bonchev–Trinajstić information content (AvgIpc) is 2.01. The highest BCUT2D eigenvalue weighted by molar-refractivity contribution is 6.35. The van der Waals surface area contributed by atoms with Crippen LogP contribution in [0.15, 0.2) is 4.99 Å². The van der Waals surface area contributed by atoms with Gasteiger partial charge >= 0.3 is 0 Å². The molecule has 0 radical (unpaired) electrons. The second-order valence-electron chi connectivity index (χ2n) is 4.94. The van der Waals surface area contributed by atoms with E-state index in [1.54, 1.807) is 0 Å². The topological polar surface area (TPSA) is 12.4 Å². The van der Waals surface area contributed by atoms with Crippen molar-refractivity contribution in [3.8, 4) is 0 Å². The Morgan fingerprint density at radius 2 is 1.71 bits per heavy atom. The van der Waals surface area contributed by atoms with Crippen LogP contribution in [0.25, 0.3) is 0 Å². The minimum atomic E-state index is -0.220. The molecule has 0 aromatic rings. The third-order valence-electron chi connectivity index (χ3n) is 2.36. The largest absolute Gasteiger partial charge is 0.287 e. The van der Waals surface area contributed by atoms with Gasteiger partial charge in [-0.25, -0.2) is 0 Å². The van der Waals surface area contributed by atoms with Gasteiger partial charge in [0.05, 0.1) is 10.4 Å². The fourth-order valence-corrected chi connectivity index (χ4v) is 1.84. The molecule has 0 saturated carbocycles. The van der Waals surface area contributed by atoms with Gasteiger partial charge in [-0.05, 0) is 40.5 Å². The van der Waals surface area contributed by atoms with Crippen LogP contribution in [0.2, 0.25) is 0 Å². The molecule has 0 aliphatic heterocycles. The summed E-state index contributed by atoms with van der Waals surface area (Å²) in [5.74, 6) is 0. The minimum Gasteiger partial charge on any atom is -0.287 e. The highest BCUT2D eigenvalue weighted by atomic mass is 35.5. The summed E-state index contributed by atoms with van der Waals surface area (Å²) in [5, 5.41) is 0. The molecule has 0 fully saturated rings. The molecule has 0 N–H and O–H groups in total. The zero-order valence-electron chi connectivity index (χ0n) is 10.4. The lowest BCUT2D eigenvalue weighted by atomic mass is 9.94. The van der Waals surface area contributed by atoms with Crippen molar-refractivity contribution in [2.75, 3.05) is 0 Å². The first-order valence-corrected chi connectivity index (χ1v) is 5.89. The summed E-state index contributed by atoms with van der Waals surface area (Å²) >= 11 is 6.55. The molecule has 2 heteroatoms. The van der Waals surface area contributed by atoms with Crippen LogP contribution in [-0.4, -0.2) is 16.1 Å². The Bertz CT molecular complexity index is 203. The number of nitrogens with zero attached hydrogens (tertiary/aromatic N) is 1. The third-order valence-corrected chi connectivity index (χ3v) is 3.09. The third kappa shape index (κ3) is 4.45. The molecule has 1 unspecified atom stereocenters. The van der Waals surface area contributed by atoms with E-state index in [0.29, 0.717) is 0 Å². The van der Waals surface area contributed by atoms with Crippen molar-refractivity contribution in [1.29, 1.82) is 0 Å². The lowest BCUT2D eigenvalue weighted by molar-refractivity contribution is 0.562. The van der Waals surface area contributed by atoms with E-state index in [-0.39, 0.29) is 10.4 Å². The maximum Gasteiger partial charge on any atom is 0.0817 e. The van der Waals surface area contributed by atoms with Gasteiger partial charge in [0.25, 0.3) is 0 Å². The normalized spacial score (nSPS) is 18.1. The van der Waals surface area contributed by atoms with E-state index in [0.717, 1.165) is 25.0 Å². The van der Waals surface area contributed by atoms with Crippen molar-refractivity contribution in [3.63, 3.8) is 0 Å². The molecule has 0 aromatic heterocycles. The quantitative estimate of drug-likeness (QED) is 0.488. The lowest BCUT2D eigenvalue weighted by Crippen LogP contribution is -2.32. The van der Waals surface area contributed by atoms with Crippen LogP contribution in [0.1, 0.15) is 60.8 Å². The Hall–Kier alpha value is -0.0400. The van der Waals surface area contributed by atoms with Gasteiger partial charge < -0.3 is 0 Å². The molecule has 0 aliphatic carbocycles. The van der Waals surface area contributed by atoms with E-state index >= 15 is 0 Å². The molecule has 0 spiro atoms. The van der Waals surface area contributed by atoms with Gasteiger partial charge in [-0.15, -0.1) is 11.6 Å². The molecule has 14 heavy (non-hydrogen) atoms. The molecule has 0 aromatic carbocycles. The highest BCUT2D eigenvalue weighted by Gasteiger charge is 2.28. The van der Waals surface area contributed by atoms with Crippen molar-refractivity contribution in [1.82, 2.24) is 0 Å². The van der Waals surface area contributed by atoms with Crippen LogP contribution in [0.3, 0.4) is 0 Å². The number of rotatable bonds is 4. The molecule has 0 aliphatic rings. The molecule has 0 amide bonds. The molecule has 0 bridgehead atoms. The van der Waals surface area contributed by atoms with Crippen molar-refractivity contribution in [2.24, 2.45) is 4.99 Å².